The van der Waals surface area contributed by atoms with Crippen molar-refractivity contribution in [3.63, 3.8) is 0 Å². The normalized spacial score (nSPS) is 20.9. The van der Waals surface area contributed by atoms with Gasteiger partial charge < -0.3 is 9.88 Å². The predicted molar refractivity (Wildman–Crippen MR) is 70.0 cm³/mol. The lowest BCUT2D eigenvalue weighted by Gasteiger charge is -2.22. The average Bonchev–Trinajstić information content (AvgIpc) is 2.69. The summed E-state index contributed by atoms with van der Waals surface area (Å²) in [6.45, 7) is 2.34. The molecule has 1 unspecified atom stereocenters. The van der Waals surface area contributed by atoms with Crippen LogP contribution in [0.3, 0.4) is 0 Å². The molecule has 3 nitrogen and oxygen atoms in total. The number of pyridine rings is 1. The zero-order valence-corrected chi connectivity index (χ0v) is 10.3. The topological polar surface area (TPSA) is 29.9 Å². The molecule has 0 bridgehead atoms. The molecule has 1 aliphatic rings. The molecule has 0 aliphatic carbocycles. The van der Waals surface area contributed by atoms with E-state index in [1.165, 1.54) is 36.0 Å². The summed E-state index contributed by atoms with van der Waals surface area (Å²) in [5.74, 6) is 0.774. The van der Waals surface area contributed by atoms with Gasteiger partial charge in [-0.25, -0.2) is 0 Å². The second kappa shape index (κ2) is 4.49. The van der Waals surface area contributed by atoms with E-state index in [1.807, 2.05) is 12.3 Å². The van der Waals surface area contributed by atoms with Gasteiger partial charge in [0.05, 0.1) is 11.0 Å². The van der Waals surface area contributed by atoms with Crippen LogP contribution in [0.1, 0.15) is 18.4 Å². The lowest BCUT2D eigenvalue weighted by Crippen LogP contribution is -2.30. The van der Waals surface area contributed by atoms with Crippen molar-refractivity contribution in [3.8, 4) is 0 Å². The molecule has 0 radical (unpaired) electrons. The average molecular weight is 229 g/mol. The largest absolute Gasteiger partial charge is 0.349 e. The fraction of sp³-hybridized carbons (Fsp3) is 0.500. The van der Waals surface area contributed by atoms with Crippen molar-refractivity contribution in [1.82, 2.24) is 14.9 Å². The van der Waals surface area contributed by atoms with Gasteiger partial charge in [0.2, 0.25) is 0 Å². The van der Waals surface area contributed by atoms with Gasteiger partial charge in [-0.15, -0.1) is 0 Å². The molecule has 1 atom stereocenters. The van der Waals surface area contributed by atoms with Gasteiger partial charge in [0.1, 0.15) is 0 Å². The molecule has 90 valence electrons. The highest BCUT2D eigenvalue weighted by Gasteiger charge is 2.16. The van der Waals surface area contributed by atoms with Crippen molar-refractivity contribution < 1.29 is 0 Å². The molecular formula is C14H19N3. The lowest BCUT2D eigenvalue weighted by atomic mass is 9.93. The van der Waals surface area contributed by atoms with Crippen LogP contribution in [0, 0.1) is 5.92 Å². The molecule has 3 heteroatoms. The van der Waals surface area contributed by atoms with Gasteiger partial charge in [-0.2, -0.15) is 0 Å². The molecule has 3 rings (SSSR count). The van der Waals surface area contributed by atoms with Gasteiger partial charge in [-0.3, -0.25) is 4.98 Å². The number of aryl methyl sites for hydroxylation is 1. The summed E-state index contributed by atoms with van der Waals surface area (Å²) in [4.78, 5) is 4.53. The second-order valence-electron chi connectivity index (χ2n) is 5.05. The Hall–Kier alpha value is -1.35. The fourth-order valence-electron chi connectivity index (χ4n) is 2.85. The summed E-state index contributed by atoms with van der Waals surface area (Å²) in [6, 6.07) is 4.15. The molecule has 0 saturated carbocycles. The zero-order valence-electron chi connectivity index (χ0n) is 10.3. The molecule has 1 fully saturated rings. The van der Waals surface area contributed by atoms with Crippen LogP contribution < -0.4 is 5.32 Å². The van der Waals surface area contributed by atoms with E-state index in [-0.39, 0.29) is 0 Å². The number of aromatic nitrogens is 2. The third-order valence-electron chi connectivity index (χ3n) is 3.73. The van der Waals surface area contributed by atoms with Crippen LogP contribution in [0.25, 0.3) is 11.0 Å². The standard InChI is InChI=1S/C14H19N3/c1-17-10-12(8-11-4-2-6-15-9-11)14-13(17)5-3-7-16-14/h3,5,7,10-11,15H,2,4,6,8-9H2,1H3. The molecular weight excluding hydrogens is 210 g/mol. The van der Waals surface area contributed by atoms with Crippen LogP contribution in [0.15, 0.2) is 24.5 Å². The minimum Gasteiger partial charge on any atom is -0.349 e. The van der Waals surface area contributed by atoms with Gasteiger partial charge in [0, 0.05) is 19.4 Å². The Labute approximate surface area is 102 Å². The summed E-state index contributed by atoms with van der Waals surface area (Å²) in [7, 11) is 2.10. The Balaban J connectivity index is 1.89. The van der Waals surface area contributed by atoms with Gasteiger partial charge >= 0.3 is 0 Å². The number of piperidine rings is 1. The van der Waals surface area contributed by atoms with Crippen LogP contribution >= 0.6 is 0 Å². The highest BCUT2D eigenvalue weighted by Crippen LogP contribution is 2.23. The summed E-state index contributed by atoms with van der Waals surface area (Å²) in [6.07, 6.45) is 7.94. The first-order valence-electron chi connectivity index (χ1n) is 6.44. The first-order valence-corrected chi connectivity index (χ1v) is 6.44. The van der Waals surface area contributed by atoms with E-state index < -0.39 is 0 Å². The maximum absolute atomic E-state index is 4.53. The molecule has 1 aliphatic heterocycles. The first-order chi connectivity index (χ1) is 8.34. The van der Waals surface area contributed by atoms with E-state index in [9.17, 15) is 0 Å². The maximum atomic E-state index is 4.53. The number of fused-ring (bicyclic) bond motifs is 1. The Morgan fingerprint density at radius 2 is 2.47 bits per heavy atom. The molecule has 1 saturated heterocycles. The summed E-state index contributed by atoms with van der Waals surface area (Å²) in [5.41, 5.74) is 3.82. The van der Waals surface area contributed by atoms with Crippen molar-refractivity contribution in [2.75, 3.05) is 13.1 Å². The van der Waals surface area contributed by atoms with E-state index in [0.717, 1.165) is 18.9 Å². The minimum atomic E-state index is 0.774. The van der Waals surface area contributed by atoms with Gasteiger partial charge in [0.25, 0.3) is 0 Å². The molecule has 2 aromatic heterocycles. The minimum absolute atomic E-state index is 0.774. The van der Waals surface area contributed by atoms with Crippen molar-refractivity contribution >= 4 is 11.0 Å². The van der Waals surface area contributed by atoms with Crippen LogP contribution in [-0.2, 0) is 13.5 Å². The van der Waals surface area contributed by atoms with Gasteiger partial charge in [-0.1, -0.05) is 0 Å². The van der Waals surface area contributed by atoms with Crippen molar-refractivity contribution in [2.45, 2.75) is 19.3 Å². The molecule has 2 aromatic rings. The lowest BCUT2D eigenvalue weighted by molar-refractivity contribution is 0.376. The summed E-state index contributed by atoms with van der Waals surface area (Å²) >= 11 is 0. The Bertz CT molecular complexity index is 509. The molecule has 1 N–H and O–H groups in total. The van der Waals surface area contributed by atoms with Crippen LogP contribution in [0.5, 0.6) is 0 Å². The fourth-order valence-corrected chi connectivity index (χ4v) is 2.85. The number of hydrogen-bond donors (Lipinski definition) is 1. The Kier molecular flexibility index (Phi) is 2.85. The summed E-state index contributed by atoms with van der Waals surface area (Å²) < 4.78 is 2.19. The maximum Gasteiger partial charge on any atom is 0.0912 e. The molecule has 0 aromatic carbocycles. The molecule has 3 heterocycles. The monoisotopic (exact) mass is 229 g/mol. The van der Waals surface area contributed by atoms with Gasteiger partial charge in [0.15, 0.2) is 0 Å². The van der Waals surface area contributed by atoms with E-state index in [0.29, 0.717) is 0 Å². The predicted octanol–water partition coefficient (Wildman–Crippen LogP) is 2.12. The molecule has 0 amide bonds. The highest BCUT2D eigenvalue weighted by molar-refractivity contribution is 5.79. The second-order valence-corrected chi connectivity index (χ2v) is 5.05. The number of rotatable bonds is 2. The Morgan fingerprint density at radius 3 is 3.29 bits per heavy atom. The third kappa shape index (κ3) is 2.07. The van der Waals surface area contributed by atoms with Crippen LogP contribution in [0.2, 0.25) is 0 Å². The quantitative estimate of drug-likeness (QED) is 0.855. The van der Waals surface area contributed by atoms with E-state index in [1.54, 1.807) is 0 Å². The van der Waals surface area contributed by atoms with E-state index in [4.69, 9.17) is 0 Å². The van der Waals surface area contributed by atoms with Crippen molar-refractivity contribution in [1.29, 1.82) is 0 Å². The van der Waals surface area contributed by atoms with Crippen molar-refractivity contribution in [2.24, 2.45) is 13.0 Å². The number of nitrogens with zero attached hydrogens (tertiary/aromatic N) is 2. The third-order valence-corrected chi connectivity index (χ3v) is 3.73. The van der Waals surface area contributed by atoms with E-state index >= 15 is 0 Å². The van der Waals surface area contributed by atoms with Crippen LogP contribution in [-0.4, -0.2) is 22.6 Å². The first kappa shape index (κ1) is 10.8. The molecule has 0 spiro atoms. The highest BCUT2D eigenvalue weighted by atomic mass is 14.9. The van der Waals surface area contributed by atoms with Crippen LogP contribution in [0.4, 0.5) is 0 Å². The smallest absolute Gasteiger partial charge is 0.0912 e. The van der Waals surface area contributed by atoms with Gasteiger partial charge in [-0.05, 0) is 56.0 Å². The zero-order chi connectivity index (χ0) is 11.7. The SMILES string of the molecule is Cn1cc(CC2CCCNC2)c2ncccc21. The Morgan fingerprint density at radius 1 is 1.53 bits per heavy atom. The van der Waals surface area contributed by atoms with E-state index in [2.05, 4.69) is 34.2 Å². The number of hydrogen-bond acceptors (Lipinski definition) is 2. The summed E-state index contributed by atoms with van der Waals surface area (Å²) in [5, 5.41) is 3.48. The van der Waals surface area contributed by atoms with Crippen molar-refractivity contribution in [3.05, 3.63) is 30.1 Å². The molecule has 17 heavy (non-hydrogen) atoms. The number of nitrogens with one attached hydrogen (secondary N) is 1.